The molecule has 3 aromatic heterocycles. The van der Waals surface area contributed by atoms with Crippen molar-refractivity contribution in [1.82, 2.24) is 14.5 Å². The molecule has 0 bridgehead atoms. The van der Waals surface area contributed by atoms with Gasteiger partial charge in [-0.1, -0.05) is 24.3 Å². The van der Waals surface area contributed by atoms with Crippen molar-refractivity contribution in [3.05, 3.63) is 90.9 Å². The van der Waals surface area contributed by atoms with Crippen molar-refractivity contribution < 1.29 is 4.79 Å². The van der Waals surface area contributed by atoms with E-state index >= 15 is 0 Å². The molecule has 0 radical (unpaired) electrons. The highest BCUT2D eigenvalue weighted by Crippen LogP contribution is 2.26. The first-order chi connectivity index (χ1) is 14.3. The number of amides is 2. The number of anilines is 2. The van der Waals surface area contributed by atoms with E-state index < -0.39 is 0 Å². The van der Waals surface area contributed by atoms with Crippen LogP contribution in [0.1, 0.15) is 5.56 Å². The lowest BCUT2D eigenvalue weighted by molar-refractivity contribution is 0.262. The van der Waals surface area contributed by atoms with E-state index in [1.54, 1.807) is 0 Å². The van der Waals surface area contributed by atoms with Crippen LogP contribution in [0.5, 0.6) is 0 Å². The number of hydrogen-bond donors (Lipinski definition) is 3. The molecule has 0 unspecified atom stereocenters. The quantitative estimate of drug-likeness (QED) is 0.400. The lowest BCUT2D eigenvalue weighted by Crippen LogP contribution is -2.19. The number of aromatic amines is 1. The summed E-state index contributed by atoms with van der Waals surface area (Å²) in [5.41, 5.74) is 4.66. The zero-order valence-electron chi connectivity index (χ0n) is 15.6. The fourth-order valence-electron chi connectivity index (χ4n) is 3.62. The molecule has 3 heterocycles. The van der Waals surface area contributed by atoms with Crippen LogP contribution < -0.4 is 10.6 Å². The first-order valence-electron chi connectivity index (χ1n) is 9.40. The molecular formula is C23H19N5O. The van der Waals surface area contributed by atoms with Gasteiger partial charge in [-0.05, 0) is 48.0 Å². The number of nitrogens with zero attached hydrogens (tertiary/aromatic N) is 2. The molecule has 0 saturated carbocycles. The molecule has 29 heavy (non-hydrogen) atoms. The van der Waals surface area contributed by atoms with E-state index in [2.05, 4.69) is 31.2 Å². The molecule has 6 nitrogen and oxygen atoms in total. The van der Waals surface area contributed by atoms with Gasteiger partial charge in [0.1, 0.15) is 5.65 Å². The summed E-state index contributed by atoms with van der Waals surface area (Å²) in [6.45, 7) is 0.722. The van der Waals surface area contributed by atoms with Crippen LogP contribution in [-0.2, 0) is 6.54 Å². The molecule has 0 fully saturated rings. The maximum absolute atomic E-state index is 12.4. The Morgan fingerprint density at radius 3 is 2.72 bits per heavy atom. The average Bonchev–Trinajstić information content (AvgIpc) is 3.37. The van der Waals surface area contributed by atoms with Crippen LogP contribution in [0.2, 0.25) is 0 Å². The summed E-state index contributed by atoms with van der Waals surface area (Å²) in [5.74, 6) is 0. The van der Waals surface area contributed by atoms with Gasteiger partial charge in [0.2, 0.25) is 0 Å². The van der Waals surface area contributed by atoms with Gasteiger partial charge in [-0.3, -0.25) is 0 Å². The second kappa shape index (κ2) is 7.16. The van der Waals surface area contributed by atoms with Gasteiger partial charge < -0.3 is 20.2 Å². The number of carbonyl (C=O) groups is 1. The number of H-pyrrole nitrogens is 1. The number of nitrogens with one attached hydrogen (secondary N) is 3. The number of rotatable bonds is 4. The summed E-state index contributed by atoms with van der Waals surface area (Å²) < 4.78 is 2.18. The zero-order chi connectivity index (χ0) is 19.6. The van der Waals surface area contributed by atoms with Crippen molar-refractivity contribution in [2.75, 3.05) is 10.6 Å². The normalized spacial score (nSPS) is 11.0. The summed E-state index contributed by atoms with van der Waals surface area (Å²) >= 11 is 0. The Labute approximate surface area is 167 Å². The Hall–Kier alpha value is -4.06. The van der Waals surface area contributed by atoms with Crippen LogP contribution in [0, 0.1) is 0 Å². The monoisotopic (exact) mass is 381 g/mol. The zero-order valence-corrected chi connectivity index (χ0v) is 15.6. The Morgan fingerprint density at radius 1 is 0.931 bits per heavy atom. The number of fused-ring (bicyclic) bond motifs is 2. The molecule has 142 valence electrons. The minimum Gasteiger partial charge on any atom is -0.346 e. The number of hydrogen-bond acceptors (Lipinski definition) is 2. The standard InChI is InChI=1S/C23H19N5O/c29-23(26-17-5-2-1-3-6-17)27-20-7-4-8-21-19(20)11-14-28(21)15-16-9-12-24-22-18(16)10-13-25-22/h1-14H,15H2,(H,24,25)(H2,26,27,29). The molecule has 0 aliphatic carbocycles. The Morgan fingerprint density at radius 2 is 1.83 bits per heavy atom. The van der Waals surface area contributed by atoms with Crippen LogP contribution in [-0.4, -0.2) is 20.6 Å². The van der Waals surface area contributed by atoms with E-state index in [4.69, 9.17) is 0 Å². The van der Waals surface area contributed by atoms with Gasteiger partial charge in [0.15, 0.2) is 0 Å². The Bertz CT molecular complexity index is 1300. The van der Waals surface area contributed by atoms with Crippen molar-refractivity contribution in [2.45, 2.75) is 6.54 Å². The largest absolute Gasteiger partial charge is 0.346 e. The number of para-hydroxylation sites is 1. The molecule has 2 amide bonds. The number of urea groups is 1. The van der Waals surface area contributed by atoms with Gasteiger partial charge in [-0.15, -0.1) is 0 Å². The van der Waals surface area contributed by atoms with Crippen LogP contribution in [0.15, 0.2) is 85.3 Å². The van der Waals surface area contributed by atoms with Crippen LogP contribution in [0.25, 0.3) is 21.9 Å². The minimum absolute atomic E-state index is 0.264. The first kappa shape index (κ1) is 17.1. The molecule has 0 aliphatic heterocycles. The predicted molar refractivity (Wildman–Crippen MR) is 116 cm³/mol. The molecule has 5 aromatic rings. The molecule has 6 heteroatoms. The molecule has 3 N–H and O–H groups in total. The SMILES string of the molecule is O=C(Nc1ccccc1)Nc1cccc2c1ccn2Cc1ccnc2[nH]ccc12. The lowest BCUT2D eigenvalue weighted by atomic mass is 10.2. The minimum atomic E-state index is -0.264. The van der Waals surface area contributed by atoms with Gasteiger partial charge in [-0.25, -0.2) is 9.78 Å². The van der Waals surface area contributed by atoms with Gasteiger partial charge >= 0.3 is 6.03 Å². The van der Waals surface area contributed by atoms with Crippen molar-refractivity contribution in [3.63, 3.8) is 0 Å². The molecular weight excluding hydrogens is 362 g/mol. The molecule has 0 saturated heterocycles. The maximum atomic E-state index is 12.4. The maximum Gasteiger partial charge on any atom is 0.323 e. The van der Waals surface area contributed by atoms with E-state index in [9.17, 15) is 4.79 Å². The van der Waals surface area contributed by atoms with Crippen molar-refractivity contribution >= 4 is 39.3 Å². The number of benzene rings is 2. The lowest BCUT2D eigenvalue weighted by Gasteiger charge is -2.10. The summed E-state index contributed by atoms with van der Waals surface area (Å²) in [7, 11) is 0. The van der Waals surface area contributed by atoms with Crippen molar-refractivity contribution in [2.24, 2.45) is 0 Å². The fourth-order valence-corrected chi connectivity index (χ4v) is 3.62. The molecule has 0 aliphatic rings. The van der Waals surface area contributed by atoms with Crippen molar-refractivity contribution in [3.8, 4) is 0 Å². The third-order valence-electron chi connectivity index (χ3n) is 4.98. The molecule has 2 aromatic carbocycles. The van der Waals surface area contributed by atoms with Gasteiger partial charge in [0.05, 0.1) is 11.2 Å². The number of pyridine rings is 1. The fraction of sp³-hybridized carbons (Fsp3) is 0.0435. The second-order valence-electron chi connectivity index (χ2n) is 6.84. The smallest absolute Gasteiger partial charge is 0.323 e. The van der Waals surface area contributed by atoms with Crippen LogP contribution >= 0.6 is 0 Å². The second-order valence-corrected chi connectivity index (χ2v) is 6.84. The van der Waals surface area contributed by atoms with E-state index in [1.165, 1.54) is 5.56 Å². The highest BCUT2D eigenvalue weighted by Gasteiger charge is 2.10. The van der Waals surface area contributed by atoms with Crippen LogP contribution in [0.3, 0.4) is 0 Å². The van der Waals surface area contributed by atoms with Gasteiger partial charge in [0, 0.05) is 41.6 Å². The summed E-state index contributed by atoms with van der Waals surface area (Å²) in [6, 6.07) is 21.2. The molecule has 0 atom stereocenters. The highest BCUT2D eigenvalue weighted by atomic mass is 16.2. The predicted octanol–water partition coefficient (Wildman–Crippen LogP) is 5.21. The van der Waals surface area contributed by atoms with E-state index in [-0.39, 0.29) is 6.03 Å². The third-order valence-corrected chi connectivity index (χ3v) is 4.98. The summed E-state index contributed by atoms with van der Waals surface area (Å²) in [5, 5.41) is 7.92. The van der Waals surface area contributed by atoms with Gasteiger partial charge in [0.25, 0.3) is 0 Å². The van der Waals surface area contributed by atoms with Crippen LogP contribution in [0.4, 0.5) is 16.2 Å². The average molecular weight is 381 g/mol. The third kappa shape index (κ3) is 3.32. The summed E-state index contributed by atoms with van der Waals surface area (Å²) in [4.78, 5) is 19.9. The highest BCUT2D eigenvalue weighted by molar-refractivity contribution is 6.05. The first-order valence-corrected chi connectivity index (χ1v) is 9.40. The molecule has 5 rings (SSSR count). The Kier molecular flexibility index (Phi) is 4.22. The number of carbonyl (C=O) groups excluding carboxylic acids is 1. The summed E-state index contributed by atoms with van der Waals surface area (Å²) in [6.07, 6.45) is 5.77. The Balaban J connectivity index is 1.42. The van der Waals surface area contributed by atoms with E-state index in [1.807, 2.05) is 79.3 Å². The number of aromatic nitrogens is 3. The van der Waals surface area contributed by atoms with Gasteiger partial charge in [-0.2, -0.15) is 0 Å². The van der Waals surface area contributed by atoms with Crippen molar-refractivity contribution in [1.29, 1.82) is 0 Å². The topological polar surface area (TPSA) is 74.7 Å². The van der Waals surface area contributed by atoms with E-state index in [0.29, 0.717) is 0 Å². The van der Waals surface area contributed by atoms with E-state index in [0.717, 1.165) is 39.9 Å². The molecule has 0 spiro atoms.